The highest BCUT2D eigenvalue weighted by atomic mass is 19.1. The van der Waals surface area contributed by atoms with Gasteiger partial charge in [0.15, 0.2) is 12.3 Å². The Kier molecular flexibility index (Phi) is 4.32. The van der Waals surface area contributed by atoms with Gasteiger partial charge in [-0.2, -0.15) is 0 Å². The fourth-order valence-corrected chi connectivity index (χ4v) is 2.89. The molecule has 4 rings (SSSR count). The zero-order valence-corrected chi connectivity index (χ0v) is 14.0. The number of fused-ring (bicyclic) bond motifs is 1. The van der Waals surface area contributed by atoms with Crippen molar-refractivity contribution in [2.75, 3.05) is 19.7 Å². The Balaban J connectivity index is 1.34. The summed E-state index contributed by atoms with van der Waals surface area (Å²) in [5, 5.41) is 6.51. The molecule has 1 N–H and O–H groups in total. The number of hydrogen-bond acceptors (Lipinski definition) is 5. The molecule has 1 aromatic carbocycles. The summed E-state index contributed by atoms with van der Waals surface area (Å²) >= 11 is 0. The highest BCUT2D eigenvalue weighted by Crippen LogP contribution is 2.40. The number of aromatic nitrogens is 1. The van der Waals surface area contributed by atoms with Crippen molar-refractivity contribution in [1.29, 1.82) is 0 Å². The number of rotatable bonds is 5. The molecule has 8 heteroatoms. The van der Waals surface area contributed by atoms with Crippen LogP contribution >= 0.6 is 0 Å². The van der Waals surface area contributed by atoms with Crippen LogP contribution in [0.1, 0.15) is 40.6 Å². The van der Waals surface area contributed by atoms with E-state index in [4.69, 9.17) is 9.26 Å². The van der Waals surface area contributed by atoms with Gasteiger partial charge in [-0.15, -0.1) is 0 Å². The van der Waals surface area contributed by atoms with Crippen LogP contribution in [0.4, 0.5) is 4.39 Å². The lowest BCUT2D eigenvalue weighted by atomic mass is 10.2. The van der Waals surface area contributed by atoms with Crippen molar-refractivity contribution >= 4 is 11.8 Å². The molecule has 1 fully saturated rings. The molecule has 0 unspecified atom stereocenters. The van der Waals surface area contributed by atoms with Gasteiger partial charge in [0.05, 0.1) is 0 Å². The second kappa shape index (κ2) is 6.78. The van der Waals surface area contributed by atoms with Gasteiger partial charge < -0.3 is 19.5 Å². The third kappa shape index (κ3) is 3.54. The highest BCUT2D eigenvalue weighted by molar-refractivity contribution is 5.92. The number of carbonyl (C=O) groups is 2. The van der Waals surface area contributed by atoms with E-state index in [9.17, 15) is 14.0 Å². The maximum atomic E-state index is 13.4. The van der Waals surface area contributed by atoms with Crippen molar-refractivity contribution in [1.82, 2.24) is 15.4 Å². The lowest BCUT2D eigenvalue weighted by molar-refractivity contribution is -0.133. The Morgan fingerprint density at radius 2 is 2.19 bits per heavy atom. The van der Waals surface area contributed by atoms with Crippen LogP contribution < -0.4 is 10.1 Å². The molecule has 2 aliphatic rings. The molecule has 2 aromatic rings. The van der Waals surface area contributed by atoms with Crippen molar-refractivity contribution in [2.24, 2.45) is 0 Å². The first-order valence-electron chi connectivity index (χ1n) is 8.54. The topological polar surface area (TPSA) is 84.7 Å². The Bertz CT molecular complexity index is 847. The molecule has 1 saturated carbocycles. The number of halogens is 1. The summed E-state index contributed by atoms with van der Waals surface area (Å²) in [6.45, 7) is 0.663. The minimum atomic E-state index is -0.382. The van der Waals surface area contributed by atoms with Gasteiger partial charge in [0.1, 0.15) is 17.3 Å². The third-order valence-electron chi connectivity index (χ3n) is 4.50. The van der Waals surface area contributed by atoms with E-state index in [2.05, 4.69) is 10.5 Å². The Morgan fingerprint density at radius 1 is 1.35 bits per heavy atom. The molecule has 1 aliphatic heterocycles. The summed E-state index contributed by atoms with van der Waals surface area (Å²) in [6, 6.07) is 5.84. The van der Waals surface area contributed by atoms with E-state index in [0.717, 1.165) is 18.6 Å². The minimum Gasteiger partial charge on any atom is -0.483 e. The SMILES string of the molecule is O=C(NCCN1Cc2cc(F)ccc2OCC1=O)c1cc(C2CC2)on1. The average Bonchev–Trinajstić information content (AvgIpc) is 3.38. The minimum absolute atomic E-state index is 0.111. The normalized spacial score (nSPS) is 16.7. The van der Waals surface area contributed by atoms with E-state index in [0.29, 0.717) is 17.2 Å². The predicted octanol–water partition coefficient (Wildman–Crippen LogP) is 1.84. The van der Waals surface area contributed by atoms with Gasteiger partial charge in [-0.05, 0) is 31.0 Å². The Labute approximate surface area is 149 Å². The van der Waals surface area contributed by atoms with Crippen molar-refractivity contribution in [3.05, 3.63) is 47.1 Å². The number of benzene rings is 1. The molecule has 0 bridgehead atoms. The molecule has 26 heavy (non-hydrogen) atoms. The van der Waals surface area contributed by atoms with Crippen LogP contribution in [-0.2, 0) is 11.3 Å². The quantitative estimate of drug-likeness (QED) is 0.881. The number of carbonyl (C=O) groups excluding carboxylic acids is 2. The van der Waals surface area contributed by atoms with Gasteiger partial charge in [0.2, 0.25) is 0 Å². The van der Waals surface area contributed by atoms with Gasteiger partial charge >= 0.3 is 0 Å². The molecule has 0 saturated heterocycles. The van der Waals surface area contributed by atoms with Crippen LogP contribution in [-0.4, -0.2) is 41.6 Å². The van der Waals surface area contributed by atoms with E-state index < -0.39 is 0 Å². The standard InChI is InChI=1S/C18H18FN3O4/c19-13-3-4-15-12(7-13)9-22(17(23)10-25-15)6-5-20-18(24)14-8-16(26-21-14)11-1-2-11/h3-4,7-8,11H,1-2,5-6,9-10H2,(H,20,24). The van der Waals surface area contributed by atoms with Crippen molar-refractivity contribution in [3.8, 4) is 5.75 Å². The number of nitrogens with one attached hydrogen (secondary N) is 1. The van der Waals surface area contributed by atoms with Crippen LogP contribution in [0.5, 0.6) is 5.75 Å². The van der Waals surface area contributed by atoms with Crippen molar-refractivity contribution in [3.63, 3.8) is 0 Å². The molecule has 2 heterocycles. The monoisotopic (exact) mass is 359 g/mol. The van der Waals surface area contributed by atoms with E-state index in [-0.39, 0.29) is 49.6 Å². The van der Waals surface area contributed by atoms with E-state index >= 15 is 0 Å². The molecule has 0 radical (unpaired) electrons. The third-order valence-corrected chi connectivity index (χ3v) is 4.50. The summed E-state index contributed by atoms with van der Waals surface area (Å²) in [5.41, 5.74) is 0.845. The zero-order chi connectivity index (χ0) is 18.1. The molecule has 0 atom stereocenters. The second-order valence-electron chi connectivity index (χ2n) is 6.50. The van der Waals surface area contributed by atoms with Gasteiger partial charge in [0.25, 0.3) is 11.8 Å². The number of nitrogens with zero attached hydrogens (tertiary/aromatic N) is 2. The van der Waals surface area contributed by atoms with Crippen molar-refractivity contribution in [2.45, 2.75) is 25.3 Å². The molecule has 136 valence electrons. The van der Waals surface area contributed by atoms with Crippen molar-refractivity contribution < 1.29 is 23.2 Å². The van der Waals surface area contributed by atoms with Crippen LogP contribution in [0.15, 0.2) is 28.8 Å². The fraction of sp³-hybridized carbons (Fsp3) is 0.389. The molecular formula is C18H18FN3O4. The molecule has 2 amide bonds. The summed E-state index contributed by atoms with van der Waals surface area (Å²) in [6.07, 6.45) is 2.13. The lowest BCUT2D eigenvalue weighted by Crippen LogP contribution is -2.39. The predicted molar refractivity (Wildman–Crippen MR) is 88.1 cm³/mol. The van der Waals surface area contributed by atoms with E-state index in [1.165, 1.54) is 23.1 Å². The molecule has 1 aromatic heterocycles. The first-order chi connectivity index (χ1) is 12.6. The lowest BCUT2D eigenvalue weighted by Gasteiger charge is -2.20. The Morgan fingerprint density at radius 3 is 3.00 bits per heavy atom. The first kappa shape index (κ1) is 16.6. The van der Waals surface area contributed by atoms with E-state index in [1.54, 1.807) is 6.07 Å². The first-order valence-corrected chi connectivity index (χ1v) is 8.54. The maximum absolute atomic E-state index is 13.4. The fourth-order valence-electron chi connectivity index (χ4n) is 2.89. The van der Waals surface area contributed by atoms with Gasteiger partial charge in [0, 0.05) is 37.2 Å². The second-order valence-corrected chi connectivity index (χ2v) is 6.50. The summed E-state index contributed by atoms with van der Waals surface area (Å²) in [7, 11) is 0. The van der Waals surface area contributed by atoms with Gasteiger partial charge in [-0.1, -0.05) is 5.16 Å². The van der Waals surface area contributed by atoms with Crippen LogP contribution in [0.3, 0.4) is 0 Å². The number of amides is 2. The maximum Gasteiger partial charge on any atom is 0.273 e. The molecule has 0 spiro atoms. The van der Waals surface area contributed by atoms with Crippen LogP contribution in [0.2, 0.25) is 0 Å². The summed E-state index contributed by atoms with van der Waals surface area (Å²) in [4.78, 5) is 25.8. The smallest absolute Gasteiger partial charge is 0.273 e. The largest absolute Gasteiger partial charge is 0.483 e. The highest BCUT2D eigenvalue weighted by Gasteiger charge is 2.29. The molecule has 1 aliphatic carbocycles. The number of hydrogen-bond donors (Lipinski definition) is 1. The van der Waals surface area contributed by atoms with Crippen LogP contribution in [0.25, 0.3) is 0 Å². The number of ether oxygens (including phenoxy) is 1. The molecule has 7 nitrogen and oxygen atoms in total. The van der Waals surface area contributed by atoms with Gasteiger partial charge in [-0.3, -0.25) is 9.59 Å². The van der Waals surface area contributed by atoms with E-state index in [1.807, 2.05) is 0 Å². The summed E-state index contributed by atoms with van der Waals surface area (Å²) in [5.74, 6) is 0.695. The zero-order valence-electron chi connectivity index (χ0n) is 14.0. The Hall–Kier alpha value is -2.90. The molecular weight excluding hydrogens is 341 g/mol. The average molecular weight is 359 g/mol. The van der Waals surface area contributed by atoms with Crippen LogP contribution in [0, 0.1) is 5.82 Å². The van der Waals surface area contributed by atoms with Gasteiger partial charge in [-0.25, -0.2) is 4.39 Å². The summed E-state index contributed by atoms with van der Waals surface area (Å²) < 4.78 is 24.0.